The number of hydrogen-bond donors (Lipinski definition) is 3. The number of nitrogens with two attached hydrogens (primary N) is 3. The zero-order chi connectivity index (χ0) is 16.4. The van der Waals surface area contributed by atoms with Gasteiger partial charge in [0.2, 0.25) is 0 Å². The van der Waals surface area contributed by atoms with E-state index in [0.717, 1.165) is 0 Å². The first-order chi connectivity index (χ1) is 11.0. The predicted octanol–water partition coefficient (Wildman–Crippen LogP) is 3.90. The first-order valence-corrected chi connectivity index (χ1v) is 7.18. The van der Waals surface area contributed by atoms with Crippen molar-refractivity contribution in [1.82, 2.24) is 4.65 Å². The molecule has 0 amide bonds. The van der Waals surface area contributed by atoms with E-state index >= 15 is 0 Å². The monoisotopic (exact) mass is 306 g/mol. The van der Waals surface area contributed by atoms with E-state index in [-0.39, 0.29) is 0 Å². The third kappa shape index (κ3) is 2.70. The lowest BCUT2D eigenvalue weighted by Crippen LogP contribution is -2.31. The maximum Gasteiger partial charge on any atom is 0.143 e. The van der Waals surface area contributed by atoms with E-state index in [1.807, 2.05) is 0 Å². The van der Waals surface area contributed by atoms with Crippen LogP contribution < -0.4 is 21.8 Å². The molecule has 0 aliphatic rings. The highest BCUT2D eigenvalue weighted by atomic mass is 16.5. The van der Waals surface area contributed by atoms with Crippen molar-refractivity contribution in [3.63, 3.8) is 0 Å². The van der Waals surface area contributed by atoms with Gasteiger partial charge in [-0.2, -0.15) is 0 Å². The van der Waals surface area contributed by atoms with Crippen LogP contribution in [0.1, 0.15) is 0 Å². The maximum absolute atomic E-state index is 13.9. The van der Waals surface area contributed by atoms with Gasteiger partial charge in [0.1, 0.15) is 17.1 Å². The van der Waals surface area contributed by atoms with Crippen LogP contribution in [0.4, 0.5) is 34.1 Å². The largest absolute Gasteiger partial charge is 0.616 e. The number of anilines is 3. The molecular formula is C18H18N4O. The molecule has 0 bridgehead atoms. The van der Waals surface area contributed by atoms with Gasteiger partial charge < -0.3 is 22.4 Å². The quantitative estimate of drug-likeness (QED) is 0.388. The van der Waals surface area contributed by atoms with Crippen LogP contribution in [0.2, 0.25) is 0 Å². The topological polar surface area (TPSA) is 101 Å². The van der Waals surface area contributed by atoms with Crippen LogP contribution in [0, 0.1) is 5.21 Å². The normalized spacial score (nSPS) is 11.3. The summed E-state index contributed by atoms with van der Waals surface area (Å²) >= 11 is 0. The van der Waals surface area contributed by atoms with Gasteiger partial charge in [-0.3, -0.25) is 4.65 Å². The number of benzene rings is 3. The first kappa shape index (κ1) is 14.9. The minimum Gasteiger partial charge on any atom is -0.616 e. The number of nitrogen functional groups attached to an aromatic ring is 3. The Morgan fingerprint density at radius 3 is 0.913 bits per heavy atom. The van der Waals surface area contributed by atoms with Gasteiger partial charge in [0, 0.05) is 53.5 Å². The Morgan fingerprint density at radius 2 is 0.696 bits per heavy atom. The van der Waals surface area contributed by atoms with Crippen molar-refractivity contribution in [3.05, 3.63) is 78.0 Å². The van der Waals surface area contributed by atoms with Crippen LogP contribution in [-0.2, 0) is 0 Å². The van der Waals surface area contributed by atoms with E-state index in [9.17, 15) is 5.21 Å². The highest BCUT2D eigenvalue weighted by Crippen LogP contribution is 2.43. The SMILES string of the molecule is Nc1ccc([N+]([O-])(c2ccc(N)cc2)c2ccc(N)cc2)cc1. The molecule has 0 heterocycles. The van der Waals surface area contributed by atoms with Gasteiger partial charge in [-0.05, 0) is 36.4 Å². The summed E-state index contributed by atoms with van der Waals surface area (Å²) in [5.41, 5.74) is 20.7. The zero-order valence-electron chi connectivity index (χ0n) is 12.5. The van der Waals surface area contributed by atoms with Gasteiger partial charge in [0.15, 0.2) is 0 Å². The van der Waals surface area contributed by atoms with Crippen molar-refractivity contribution >= 4 is 34.1 Å². The second kappa shape index (κ2) is 5.64. The molecule has 0 saturated heterocycles. The van der Waals surface area contributed by atoms with E-state index in [1.165, 1.54) is 0 Å². The molecule has 3 rings (SSSR count). The second-order valence-corrected chi connectivity index (χ2v) is 5.38. The van der Waals surface area contributed by atoms with Crippen LogP contribution in [0.5, 0.6) is 0 Å². The van der Waals surface area contributed by atoms with Crippen molar-refractivity contribution in [3.8, 4) is 0 Å². The smallest absolute Gasteiger partial charge is 0.143 e. The van der Waals surface area contributed by atoms with E-state index in [2.05, 4.69) is 0 Å². The fourth-order valence-corrected chi connectivity index (χ4v) is 2.50. The molecule has 0 aliphatic carbocycles. The first-order valence-electron chi connectivity index (χ1n) is 7.18. The van der Waals surface area contributed by atoms with Gasteiger partial charge in [-0.25, -0.2) is 0 Å². The summed E-state index contributed by atoms with van der Waals surface area (Å²) < 4.78 is -0.749. The summed E-state index contributed by atoms with van der Waals surface area (Å²) in [5, 5.41) is 13.9. The van der Waals surface area contributed by atoms with E-state index in [4.69, 9.17) is 17.2 Å². The molecule has 0 fully saturated rings. The van der Waals surface area contributed by atoms with Gasteiger partial charge >= 0.3 is 0 Å². The molecule has 0 radical (unpaired) electrons. The van der Waals surface area contributed by atoms with E-state index in [0.29, 0.717) is 34.1 Å². The molecule has 23 heavy (non-hydrogen) atoms. The lowest BCUT2D eigenvalue weighted by molar-refractivity contribution is 0.693. The number of rotatable bonds is 3. The number of quaternary nitrogens is 1. The van der Waals surface area contributed by atoms with Crippen LogP contribution in [0.3, 0.4) is 0 Å². The minimum absolute atomic E-state index is 0.550. The molecular weight excluding hydrogens is 288 g/mol. The van der Waals surface area contributed by atoms with Gasteiger partial charge in [-0.15, -0.1) is 0 Å². The van der Waals surface area contributed by atoms with Crippen LogP contribution >= 0.6 is 0 Å². The van der Waals surface area contributed by atoms with E-state index in [1.54, 1.807) is 72.8 Å². The van der Waals surface area contributed by atoms with Crippen molar-refractivity contribution in [2.24, 2.45) is 0 Å². The van der Waals surface area contributed by atoms with Gasteiger partial charge in [0.25, 0.3) is 0 Å². The Hall–Kier alpha value is -3.02. The molecule has 3 aromatic carbocycles. The Morgan fingerprint density at radius 1 is 0.478 bits per heavy atom. The second-order valence-electron chi connectivity index (χ2n) is 5.38. The fourth-order valence-electron chi connectivity index (χ4n) is 2.50. The molecule has 5 heteroatoms. The van der Waals surface area contributed by atoms with Crippen molar-refractivity contribution in [2.45, 2.75) is 0 Å². The van der Waals surface area contributed by atoms with Crippen molar-refractivity contribution < 1.29 is 0 Å². The molecule has 5 nitrogen and oxygen atoms in total. The Labute approximate surface area is 134 Å². The predicted molar refractivity (Wildman–Crippen MR) is 97.0 cm³/mol. The lowest BCUT2D eigenvalue weighted by Gasteiger charge is -2.41. The summed E-state index contributed by atoms with van der Waals surface area (Å²) in [6, 6.07) is 20.7. The average Bonchev–Trinajstić information content (AvgIpc) is 2.56. The maximum atomic E-state index is 13.9. The van der Waals surface area contributed by atoms with Crippen LogP contribution in [0.25, 0.3) is 0 Å². The summed E-state index contributed by atoms with van der Waals surface area (Å²) in [7, 11) is 0. The Kier molecular flexibility index (Phi) is 3.65. The number of hydrogen-bond acceptors (Lipinski definition) is 4. The standard InChI is InChI=1S/C18H18N4O/c19-13-1-7-16(8-2-13)22(23,17-9-3-14(20)4-10-17)18-11-5-15(21)6-12-18/h1-12H,19-21H2. The Bertz CT molecular complexity index is 685. The third-order valence-electron chi connectivity index (χ3n) is 3.77. The number of nitrogens with zero attached hydrogens (tertiary/aromatic N) is 1. The Balaban J connectivity index is 2.21. The molecule has 0 atom stereocenters. The highest BCUT2D eigenvalue weighted by Gasteiger charge is 2.27. The summed E-state index contributed by atoms with van der Waals surface area (Å²) in [6.07, 6.45) is 0. The van der Waals surface area contributed by atoms with Crippen molar-refractivity contribution in [1.29, 1.82) is 0 Å². The molecule has 0 saturated carbocycles. The molecule has 6 N–H and O–H groups in total. The van der Waals surface area contributed by atoms with Gasteiger partial charge in [0.05, 0.1) is 0 Å². The van der Waals surface area contributed by atoms with Crippen LogP contribution in [0.15, 0.2) is 72.8 Å². The van der Waals surface area contributed by atoms with Crippen molar-refractivity contribution in [2.75, 3.05) is 17.2 Å². The van der Waals surface area contributed by atoms with Crippen LogP contribution in [-0.4, -0.2) is 0 Å². The highest BCUT2D eigenvalue weighted by molar-refractivity contribution is 5.74. The zero-order valence-corrected chi connectivity index (χ0v) is 12.5. The molecule has 0 aromatic heterocycles. The molecule has 3 aromatic rings. The molecule has 0 spiro atoms. The molecule has 0 unspecified atom stereocenters. The third-order valence-corrected chi connectivity index (χ3v) is 3.77. The summed E-state index contributed by atoms with van der Waals surface area (Å²) in [6.45, 7) is 0. The van der Waals surface area contributed by atoms with Gasteiger partial charge in [-0.1, -0.05) is 0 Å². The molecule has 0 aliphatic heterocycles. The lowest BCUT2D eigenvalue weighted by atomic mass is 10.1. The summed E-state index contributed by atoms with van der Waals surface area (Å²) in [5.74, 6) is 0. The summed E-state index contributed by atoms with van der Waals surface area (Å²) in [4.78, 5) is 0. The average molecular weight is 306 g/mol. The van der Waals surface area contributed by atoms with E-state index < -0.39 is 4.65 Å². The fraction of sp³-hybridized carbons (Fsp3) is 0. The minimum atomic E-state index is -0.749. The molecule has 116 valence electrons.